The van der Waals surface area contributed by atoms with Gasteiger partial charge >= 0.3 is 0 Å². The number of benzene rings is 4. The van der Waals surface area contributed by atoms with Gasteiger partial charge in [-0.05, 0) is 75.3 Å². The third kappa shape index (κ3) is 5.08. The summed E-state index contributed by atoms with van der Waals surface area (Å²) in [5.41, 5.74) is 7.24. The van der Waals surface area contributed by atoms with Gasteiger partial charge in [-0.25, -0.2) is 4.99 Å². The number of ether oxygens (including phenoxy) is 3. The SMILES string of the molecule is COc1ccccc1[C@@H]1C2=C(N=c3s/c(=C/c4cc(Br)c(OCc5ccccc5)c(OC)c4)c(=O)n31)c1ccccc1CC2. The van der Waals surface area contributed by atoms with E-state index in [4.69, 9.17) is 19.2 Å². The standard InChI is InChI=1S/C36H29BrN2O4S/c1-41-29-15-9-8-14-26(29)33-27-17-16-24-12-6-7-13-25(24)32(27)38-36-39(33)35(40)31(44-36)20-23-18-28(37)34(30(19-23)42-2)43-21-22-10-4-3-5-11-22/h3-15,18-20,33H,16-17,21H2,1-2H3/b31-20+/t33-/m1/s1. The minimum Gasteiger partial charge on any atom is -0.496 e. The lowest BCUT2D eigenvalue weighted by molar-refractivity contribution is 0.282. The van der Waals surface area contributed by atoms with Crippen molar-refractivity contribution in [1.29, 1.82) is 0 Å². The Morgan fingerprint density at radius 3 is 2.50 bits per heavy atom. The highest BCUT2D eigenvalue weighted by Crippen LogP contribution is 2.43. The number of aryl methyl sites for hydroxylation is 1. The number of hydrogen-bond acceptors (Lipinski definition) is 6. The van der Waals surface area contributed by atoms with Crippen LogP contribution in [0.4, 0.5) is 0 Å². The molecule has 7 rings (SSSR count). The highest BCUT2D eigenvalue weighted by atomic mass is 79.9. The summed E-state index contributed by atoms with van der Waals surface area (Å²) in [6.45, 7) is 0.407. The van der Waals surface area contributed by atoms with Gasteiger partial charge in [-0.1, -0.05) is 84.1 Å². The second-order valence-electron chi connectivity index (χ2n) is 10.7. The lowest BCUT2D eigenvalue weighted by Crippen LogP contribution is -2.39. The number of thiazole rings is 1. The Morgan fingerprint density at radius 1 is 0.932 bits per heavy atom. The molecule has 1 aliphatic carbocycles. The molecule has 0 saturated heterocycles. The number of allylic oxidation sites excluding steroid dienone is 1. The molecule has 4 aromatic carbocycles. The largest absolute Gasteiger partial charge is 0.496 e. The van der Waals surface area contributed by atoms with Gasteiger partial charge in [0.25, 0.3) is 5.56 Å². The van der Waals surface area contributed by atoms with Crippen molar-refractivity contribution in [3.05, 3.63) is 149 Å². The first-order valence-corrected chi connectivity index (χ1v) is 16.0. The van der Waals surface area contributed by atoms with Gasteiger partial charge in [0.2, 0.25) is 0 Å². The average Bonchev–Trinajstić information content (AvgIpc) is 3.37. The van der Waals surface area contributed by atoms with E-state index in [0.717, 1.165) is 56.6 Å². The number of aromatic nitrogens is 1. The van der Waals surface area contributed by atoms with Gasteiger partial charge in [-0.2, -0.15) is 0 Å². The topological polar surface area (TPSA) is 62.0 Å². The van der Waals surface area contributed by atoms with Crippen LogP contribution in [0, 0.1) is 0 Å². The highest BCUT2D eigenvalue weighted by Gasteiger charge is 2.34. The first-order chi connectivity index (χ1) is 21.6. The fourth-order valence-electron chi connectivity index (χ4n) is 6.04. The summed E-state index contributed by atoms with van der Waals surface area (Å²) in [6, 6.07) is 29.9. The van der Waals surface area contributed by atoms with Crippen molar-refractivity contribution < 1.29 is 14.2 Å². The number of nitrogens with zero attached hydrogens (tertiary/aromatic N) is 2. The maximum Gasteiger partial charge on any atom is 0.271 e. The van der Waals surface area contributed by atoms with Crippen LogP contribution >= 0.6 is 27.3 Å². The smallest absolute Gasteiger partial charge is 0.271 e. The molecule has 0 N–H and O–H groups in total. The maximum absolute atomic E-state index is 14.2. The first-order valence-electron chi connectivity index (χ1n) is 14.4. The zero-order valence-corrected chi connectivity index (χ0v) is 26.7. The molecule has 0 bridgehead atoms. The van der Waals surface area contributed by atoms with Crippen molar-refractivity contribution in [2.75, 3.05) is 14.2 Å². The summed E-state index contributed by atoms with van der Waals surface area (Å²) in [6.07, 6.45) is 3.61. The van der Waals surface area contributed by atoms with Crippen molar-refractivity contribution >= 4 is 39.0 Å². The monoisotopic (exact) mass is 664 g/mol. The van der Waals surface area contributed by atoms with Gasteiger partial charge in [0.15, 0.2) is 16.3 Å². The van der Waals surface area contributed by atoms with Crippen LogP contribution in [0.2, 0.25) is 0 Å². The van der Waals surface area contributed by atoms with Crippen LogP contribution in [0.25, 0.3) is 11.8 Å². The Balaban J connectivity index is 1.36. The van der Waals surface area contributed by atoms with E-state index in [1.54, 1.807) is 14.2 Å². The molecule has 6 nitrogen and oxygen atoms in total. The van der Waals surface area contributed by atoms with E-state index in [1.807, 2.05) is 77.4 Å². The van der Waals surface area contributed by atoms with Gasteiger partial charge in [0.05, 0.1) is 35.0 Å². The predicted octanol–water partition coefficient (Wildman–Crippen LogP) is 6.68. The van der Waals surface area contributed by atoms with Crippen LogP contribution in [0.1, 0.15) is 40.3 Å². The molecule has 0 spiro atoms. The van der Waals surface area contributed by atoms with Crippen LogP contribution < -0.4 is 29.1 Å². The highest BCUT2D eigenvalue weighted by molar-refractivity contribution is 9.10. The molecule has 220 valence electrons. The van der Waals surface area contributed by atoms with Crippen molar-refractivity contribution in [3.63, 3.8) is 0 Å². The number of fused-ring (bicyclic) bond motifs is 3. The molecule has 1 atom stereocenters. The minimum atomic E-state index is -0.317. The zero-order chi connectivity index (χ0) is 30.2. The Labute approximate surface area is 267 Å². The molecule has 0 unspecified atom stereocenters. The fourth-order valence-corrected chi connectivity index (χ4v) is 7.61. The average molecular weight is 666 g/mol. The van der Waals surface area contributed by atoms with Gasteiger partial charge in [0.1, 0.15) is 12.4 Å². The molecule has 2 heterocycles. The van der Waals surface area contributed by atoms with E-state index < -0.39 is 0 Å². The van der Waals surface area contributed by atoms with Gasteiger partial charge in [-0.15, -0.1) is 0 Å². The number of methoxy groups -OCH3 is 2. The van der Waals surface area contributed by atoms with Gasteiger partial charge in [-0.3, -0.25) is 9.36 Å². The molecule has 0 saturated carbocycles. The first kappa shape index (κ1) is 28.4. The fraction of sp³-hybridized carbons (Fsp3) is 0.167. The molecular weight excluding hydrogens is 636 g/mol. The molecule has 2 aliphatic rings. The second kappa shape index (κ2) is 11.9. The Kier molecular flexibility index (Phi) is 7.70. The summed E-state index contributed by atoms with van der Waals surface area (Å²) in [5, 5.41) is 0. The lowest BCUT2D eigenvalue weighted by atomic mass is 9.83. The molecule has 44 heavy (non-hydrogen) atoms. The number of para-hydroxylation sites is 1. The van der Waals surface area contributed by atoms with Crippen LogP contribution in [-0.2, 0) is 13.0 Å². The van der Waals surface area contributed by atoms with Crippen LogP contribution in [0.5, 0.6) is 17.2 Å². The molecule has 0 amide bonds. The van der Waals surface area contributed by atoms with E-state index in [-0.39, 0.29) is 11.6 Å². The molecule has 1 aromatic heterocycles. The summed E-state index contributed by atoms with van der Waals surface area (Å²) in [5.74, 6) is 1.94. The van der Waals surface area contributed by atoms with Crippen LogP contribution in [0.3, 0.4) is 0 Å². The normalized spacial score (nSPS) is 15.6. The van der Waals surface area contributed by atoms with Crippen molar-refractivity contribution in [2.24, 2.45) is 4.99 Å². The van der Waals surface area contributed by atoms with E-state index in [1.165, 1.54) is 16.9 Å². The predicted molar refractivity (Wildman–Crippen MR) is 177 cm³/mol. The van der Waals surface area contributed by atoms with E-state index in [0.29, 0.717) is 27.4 Å². The molecular formula is C36H29BrN2O4S. The molecule has 8 heteroatoms. The van der Waals surface area contributed by atoms with Gasteiger partial charge < -0.3 is 14.2 Å². The lowest BCUT2D eigenvalue weighted by Gasteiger charge is -2.31. The van der Waals surface area contributed by atoms with Crippen LogP contribution in [0.15, 0.2) is 111 Å². The van der Waals surface area contributed by atoms with E-state index in [9.17, 15) is 4.79 Å². The zero-order valence-electron chi connectivity index (χ0n) is 24.2. The third-order valence-electron chi connectivity index (χ3n) is 8.08. The van der Waals surface area contributed by atoms with Gasteiger partial charge in [0, 0.05) is 11.1 Å². The summed E-state index contributed by atoms with van der Waals surface area (Å²) < 4.78 is 20.8. The molecule has 5 aromatic rings. The summed E-state index contributed by atoms with van der Waals surface area (Å²) in [7, 11) is 3.29. The van der Waals surface area contributed by atoms with E-state index in [2.05, 4.69) is 40.2 Å². The summed E-state index contributed by atoms with van der Waals surface area (Å²) in [4.78, 5) is 20.0. The Hall–Kier alpha value is -4.40. The second-order valence-corrected chi connectivity index (χ2v) is 12.5. The minimum absolute atomic E-state index is 0.0884. The van der Waals surface area contributed by atoms with Crippen LogP contribution in [-0.4, -0.2) is 18.8 Å². The molecule has 1 aliphatic heterocycles. The van der Waals surface area contributed by atoms with Crippen molar-refractivity contribution in [1.82, 2.24) is 4.57 Å². The third-order valence-corrected chi connectivity index (χ3v) is 9.65. The quantitative estimate of drug-likeness (QED) is 0.195. The van der Waals surface area contributed by atoms with E-state index >= 15 is 0 Å². The molecule has 0 fully saturated rings. The van der Waals surface area contributed by atoms with Crippen molar-refractivity contribution in [3.8, 4) is 17.2 Å². The number of hydrogen-bond donors (Lipinski definition) is 0. The Morgan fingerprint density at radius 2 is 1.68 bits per heavy atom. The number of halogens is 1. The summed E-state index contributed by atoms with van der Waals surface area (Å²) >= 11 is 5.07. The maximum atomic E-state index is 14.2. The Bertz CT molecular complexity index is 2100. The van der Waals surface area contributed by atoms with Crippen molar-refractivity contribution in [2.45, 2.75) is 25.5 Å². The molecule has 0 radical (unpaired) electrons. The number of rotatable bonds is 7.